The molecule has 0 aliphatic carbocycles. The molecule has 0 aromatic rings. The standard InChI is InChI=1S/C55H111N5O3/c1-6-11-15-19-23-27-33-39-56(42-37-31-32-38-55(62)63-52-10-5)44-45-58-48-50-60(51-49-58)54(61)53-59(43-36-30-26-22-18-14-9-4)47-46-57(40-34-28-24-20-16-12-7-2)41-35-29-25-21-17-13-8-3/h6-53H2,1-5H3. The predicted molar refractivity (Wildman–Crippen MR) is 274 cm³/mol. The van der Waals surface area contributed by atoms with Crippen LogP contribution in [0.1, 0.15) is 247 Å². The van der Waals surface area contributed by atoms with E-state index < -0.39 is 0 Å². The van der Waals surface area contributed by atoms with Gasteiger partial charge < -0.3 is 19.4 Å². The molecule has 0 N–H and O–H groups in total. The van der Waals surface area contributed by atoms with Crippen LogP contribution in [0.15, 0.2) is 0 Å². The predicted octanol–water partition coefficient (Wildman–Crippen LogP) is 13.6. The van der Waals surface area contributed by atoms with Crippen LogP contribution in [-0.2, 0) is 14.3 Å². The van der Waals surface area contributed by atoms with Gasteiger partial charge in [0.1, 0.15) is 0 Å². The van der Waals surface area contributed by atoms with Crippen molar-refractivity contribution in [3.8, 4) is 0 Å². The Bertz CT molecular complexity index is 958. The summed E-state index contributed by atoms with van der Waals surface area (Å²) >= 11 is 0. The van der Waals surface area contributed by atoms with E-state index in [1.807, 2.05) is 6.92 Å². The zero-order chi connectivity index (χ0) is 45.7. The molecule has 8 nitrogen and oxygen atoms in total. The fourth-order valence-corrected chi connectivity index (χ4v) is 9.26. The summed E-state index contributed by atoms with van der Waals surface area (Å²) in [4.78, 5) is 38.7. The zero-order valence-corrected chi connectivity index (χ0v) is 43.4. The molecule has 1 aliphatic rings. The number of unbranched alkanes of at least 4 members (excludes halogenated alkanes) is 26. The van der Waals surface area contributed by atoms with Crippen LogP contribution < -0.4 is 0 Å². The van der Waals surface area contributed by atoms with Crippen molar-refractivity contribution in [1.82, 2.24) is 24.5 Å². The SMILES string of the molecule is CCCCCCCCCN(CCCCCC(=O)OCCC)CCN1CCN(C(=O)CN(CCCCCCCCC)CCN(CCCCCCCCC)CCCCCCCCC)CC1. The first-order chi connectivity index (χ1) is 31.0. The van der Waals surface area contributed by atoms with Crippen molar-refractivity contribution < 1.29 is 14.3 Å². The molecule has 0 unspecified atom stereocenters. The highest BCUT2D eigenvalue weighted by atomic mass is 16.5. The van der Waals surface area contributed by atoms with Crippen LogP contribution in [0.3, 0.4) is 0 Å². The van der Waals surface area contributed by atoms with Crippen molar-refractivity contribution in [2.45, 2.75) is 247 Å². The van der Waals surface area contributed by atoms with Crippen LogP contribution in [0.4, 0.5) is 0 Å². The van der Waals surface area contributed by atoms with Crippen molar-refractivity contribution in [2.75, 3.05) is 98.2 Å². The lowest BCUT2D eigenvalue weighted by Crippen LogP contribution is -2.52. The third-order valence-corrected chi connectivity index (χ3v) is 13.7. The normalized spacial score (nSPS) is 13.6. The van der Waals surface area contributed by atoms with Crippen LogP contribution >= 0.6 is 0 Å². The van der Waals surface area contributed by atoms with Gasteiger partial charge in [0, 0.05) is 58.8 Å². The molecule has 8 heteroatoms. The van der Waals surface area contributed by atoms with Gasteiger partial charge in [0.15, 0.2) is 0 Å². The maximum Gasteiger partial charge on any atom is 0.305 e. The van der Waals surface area contributed by atoms with Gasteiger partial charge in [0.25, 0.3) is 0 Å². The number of carbonyl (C=O) groups is 2. The average molecular weight is 891 g/mol. The highest BCUT2D eigenvalue weighted by Crippen LogP contribution is 2.14. The maximum absolute atomic E-state index is 14.0. The van der Waals surface area contributed by atoms with Gasteiger partial charge in [-0.1, -0.05) is 195 Å². The smallest absolute Gasteiger partial charge is 0.305 e. The fourth-order valence-electron chi connectivity index (χ4n) is 9.26. The topological polar surface area (TPSA) is 59.6 Å². The van der Waals surface area contributed by atoms with Crippen LogP contribution in [0.25, 0.3) is 0 Å². The van der Waals surface area contributed by atoms with E-state index in [0.29, 0.717) is 25.5 Å². The first-order valence-corrected chi connectivity index (χ1v) is 28.3. The van der Waals surface area contributed by atoms with Crippen molar-refractivity contribution in [2.24, 2.45) is 0 Å². The maximum atomic E-state index is 14.0. The number of ether oxygens (including phenoxy) is 1. The highest BCUT2D eigenvalue weighted by molar-refractivity contribution is 5.78. The highest BCUT2D eigenvalue weighted by Gasteiger charge is 2.23. The van der Waals surface area contributed by atoms with Gasteiger partial charge in [-0.3, -0.25) is 19.4 Å². The average Bonchev–Trinajstić information content (AvgIpc) is 3.29. The Labute approximate surface area is 394 Å². The molecule has 0 atom stereocenters. The molecule has 1 aliphatic heterocycles. The third-order valence-electron chi connectivity index (χ3n) is 13.7. The Kier molecular flexibility index (Phi) is 43.6. The largest absolute Gasteiger partial charge is 0.466 e. The molecule has 1 heterocycles. The quantitative estimate of drug-likeness (QED) is 0.0445. The number of piperazine rings is 1. The Hall–Kier alpha value is -1.22. The number of esters is 1. The van der Waals surface area contributed by atoms with Gasteiger partial charge in [-0.2, -0.15) is 0 Å². The third kappa shape index (κ3) is 37.6. The van der Waals surface area contributed by atoms with E-state index in [4.69, 9.17) is 4.74 Å². The second kappa shape index (κ2) is 45.9. The molecule has 1 saturated heterocycles. The fraction of sp³-hybridized carbons (Fsp3) is 0.964. The van der Waals surface area contributed by atoms with Gasteiger partial charge in [0.05, 0.1) is 13.2 Å². The van der Waals surface area contributed by atoms with Crippen LogP contribution in [0.5, 0.6) is 0 Å². The summed E-state index contributed by atoms with van der Waals surface area (Å²) in [5, 5.41) is 0. The molecule has 0 aromatic heterocycles. The van der Waals surface area contributed by atoms with E-state index in [1.54, 1.807) is 0 Å². The van der Waals surface area contributed by atoms with Crippen molar-refractivity contribution in [3.05, 3.63) is 0 Å². The molecule has 1 fully saturated rings. The number of carbonyl (C=O) groups excluding carboxylic acids is 2. The zero-order valence-electron chi connectivity index (χ0n) is 43.4. The lowest BCUT2D eigenvalue weighted by molar-refractivity contribution is -0.143. The van der Waals surface area contributed by atoms with Crippen LogP contribution in [0, 0.1) is 0 Å². The monoisotopic (exact) mass is 890 g/mol. The lowest BCUT2D eigenvalue weighted by Gasteiger charge is -2.37. The Morgan fingerprint density at radius 1 is 0.381 bits per heavy atom. The number of amides is 1. The minimum atomic E-state index is -0.0370. The summed E-state index contributed by atoms with van der Waals surface area (Å²) in [6.45, 7) is 26.2. The van der Waals surface area contributed by atoms with E-state index in [-0.39, 0.29) is 5.97 Å². The van der Waals surface area contributed by atoms with Gasteiger partial charge in [-0.05, 0) is 77.7 Å². The summed E-state index contributed by atoms with van der Waals surface area (Å²) in [7, 11) is 0. The molecular weight excluding hydrogens is 779 g/mol. The van der Waals surface area contributed by atoms with Gasteiger partial charge in [0.2, 0.25) is 5.91 Å². The first kappa shape index (κ1) is 59.8. The molecule has 0 aromatic carbocycles. The van der Waals surface area contributed by atoms with Crippen molar-refractivity contribution >= 4 is 11.9 Å². The lowest BCUT2D eigenvalue weighted by atomic mass is 10.1. The minimum Gasteiger partial charge on any atom is -0.466 e. The Morgan fingerprint density at radius 3 is 1.14 bits per heavy atom. The molecule has 374 valence electrons. The number of hydrogen-bond donors (Lipinski definition) is 0. The molecule has 63 heavy (non-hydrogen) atoms. The molecule has 0 radical (unpaired) electrons. The van der Waals surface area contributed by atoms with E-state index in [1.165, 1.54) is 199 Å². The molecule has 0 spiro atoms. The molecular formula is C55H111N5O3. The summed E-state index contributed by atoms with van der Waals surface area (Å²) in [5.74, 6) is 0.313. The van der Waals surface area contributed by atoms with Crippen molar-refractivity contribution in [3.63, 3.8) is 0 Å². The van der Waals surface area contributed by atoms with Crippen molar-refractivity contribution in [1.29, 1.82) is 0 Å². The van der Waals surface area contributed by atoms with Crippen LogP contribution in [0.2, 0.25) is 0 Å². The summed E-state index contributed by atoms with van der Waals surface area (Å²) < 4.78 is 5.29. The molecule has 1 rings (SSSR count). The second-order valence-electron chi connectivity index (χ2n) is 19.7. The number of rotatable bonds is 48. The van der Waals surface area contributed by atoms with Gasteiger partial charge in [-0.15, -0.1) is 0 Å². The van der Waals surface area contributed by atoms with Crippen LogP contribution in [-0.4, -0.2) is 135 Å². The Balaban J connectivity index is 2.72. The van der Waals surface area contributed by atoms with E-state index in [9.17, 15) is 9.59 Å². The molecule has 1 amide bonds. The van der Waals surface area contributed by atoms with E-state index in [2.05, 4.69) is 52.2 Å². The first-order valence-electron chi connectivity index (χ1n) is 28.3. The summed E-state index contributed by atoms with van der Waals surface area (Å²) in [6, 6.07) is 0. The Morgan fingerprint density at radius 2 is 0.730 bits per heavy atom. The summed E-state index contributed by atoms with van der Waals surface area (Å²) in [5.41, 5.74) is 0. The molecule has 0 saturated carbocycles. The van der Waals surface area contributed by atoms with Gasteiger partial charge in [-0.25, -0.2) is 0 Å². The van der Waals surface area contributed by atoms with E-state index >= 15 is 0 Å². The van der Waals surface area contributed by atoms with E-state index in [0.717, 1.165) is 91.1 Å². The summed E-state index contributed by atoms with van der Waals surface area (Å²) in [6.07, 6.45) is 42.3. The second-order valence-corrected chi connectivity index (χ2v) is 19.7. The van der Waals surface area contributed by atoms with Gasteiger partial charge >= 0.3 is 5.97 Å². The number of nitrogens with zero attached hydrogens (tertiary/aromatic N) is 5. The number of hydrogen-bond acceptors (Lipinski definition) is 7. The molecule has 0 bridgehead atoms. The minimum absolute atomic E-state index is 0.0370.